The van der Waals surface area contributed by atoms with Crippen LogP contribution in [0.15, 0.2) is 24.3 Å². The van der Waals surface area contributed by atoms with Gasteiger partial charge in [0.05, 0.1) is 17.1 Å². The van der Waals surface area contributed by atoms with Gasteiger partial charge in [-0.25, -0.2) is 4.98 Å². The molecule has 1 unspecified atom stereocenters. The molecule has 7 heteroatoms. The quantitative estimate of drug-likeness (QED) is 0.802. The molecule has 24 heavy (non-hydrogen) atoms. The Labute approximate surface area is 141 Å². The van der Waals surface area contributed by atoms with Crippen LogP contribution in [0.4, 0.5) is 0 Å². The molecule has 0 fully saturated rings. The van der Waals surface area contributed by atoms with E-state index in [4.69, 9.17) is 4.74 Å². The SMILES string of the molecule is COCC(=O)NC(C)c1nc2ccccc2n1CC(=O)NC(C)C. The van der Waals surface area contributed by atoms with Crippen LogP contribution < -0.4 is 10.6 Å². The average molecular weight is 332 g/mol. The van der Waals surface area contributed by atoms with Crippen molar-refractivity contribution in [2.45, 2.75) is 39.4 Å². The summed E-state index contributed by atoms with van der Waals surface area (Å²) in [6, 6.07) is 7.32. The van der Waals surface area contributed by atoms with Crippen LogP contribution in [0.5, 0.6) is 0 Å². The first-order valence-corrected chi connectivity index (χ1v) is 7.95. The lowest BCUT2D eigenvalue weighted by Crippen LogP contribution is -2.35. The van der Waals surface area contributed by atoms with Crippen molar-refractivity contribution >= 4 is 22.8 Å². The second kappa shape index (κ2) is 7.92. The minimum absolute atomic E-state index is 0.0155. The van der Waals surface area contributed by atoms with Gasteiger partial charge >= 0.3 is 0 Å². The summed E-state index contributed by atoms with van der Waals surface area (Å²) in [6.45, 7) is 5.80. The molecule has 130 valence electrons. The molecule has 0 aliphatic carbocycles. The fourth-order valence-electron chi connectivity index (χ4n) is 2.58. The molecule has 2 amide bonds. The zero-order valence-corrected chi connectivity index (χ0v) is 14.5. The smallest absolute Gasteiger partial charge is 0.246 e. The molecule has 0 saturated heterocycles. The Balaban J connectivity index is 2.32. The Kier molecular flexibility index (Phi) is 5.92. The van der Waals surface area contributed by atoms with Crippen LogP contribution >= 0.6 is 0 Å². The van der Waals surface area contributed by atoms with Crippen molar-refractivity contribution in [3.05, 3.63) is 30.1 Å². The molecular formula is C17H24N4O3. The topological polar surface area (TPSA) is 85.2 Å². The van der Waals surface area contributed by atoms with Crippen molar-refractivity contribution in [3.8, 4) is 0 Å². The number of aromatic nitrogens is 2. The van der Waals surface area contributed by atoms with Crippen LogP contribution in [0.1, 0.15) is 32.6 Å². The van der Waals surface area contributed by atoms with Gasteiger partial charge in [0.1, 0.15) is 19.0 Å². The lowest BCUT2D eigenvalue weighted by molar-refractivity contribution is -0.125. The van der Waals surface area contributed by atoms with E-state index in [0.29, 0.717) is 5.82 Å². The minimum atomic E-state index is -0.341. The summed E-state index contributed by atoms with van der Waals surface area (Å²) in [5.41, 5.74) is 1.65. The Morgan fingerprint density at radius 2 is 1.88 bits per heavy atom. The molecule has 1 heterocycles. The van der Waals surface area contributed by atoms with E-state index in [0.717, 1.165) is 11.0 Å². The van der Waals surface area contributed by atoms with Crippen LogP contribution in [0.3, 0.4) is 0 Å². The number of amides is 2. The molecule has 7 nitrogen and oxygen atoms in total. The fourth-order valence-corrected chi connectivity index (χ4v) is 2.58. The van der Waals surface area contributed by atoms with Gasteiger partial charge in [-0.2, -0.15) is 0 Å². The highest BCUT2D eigenvalue weighted by atomic mass is 16.5. The number of carbonyl (C=O) groups excluding carboxylic acids is 2. The first kappa shape index (κ1) is 17.9. The zero-order valence-electron chi connectivity index (χ0n) is 14.5. The van der Waals surface area contributed by atoms with Crippen molar-refractivity contribution in [1.82, 2.24) is 20.2 Å². The summed E-state index contributed by atoms with van der Waals surface area (Å²) in [6.07, 6.45) is 0. The maximum Gasteiger partial charge on any atom is 0.246 e. The summed E-state index contributed by atoms with van der Waals surface area (Å²) >= 11 is 0. The number of benzene rings is 1. The van der Waals surface area contributed by atoms with E-state index in [1.54, 1.807) is 0 Å². The summed E-state index contributed by atoms with van der Waals surface area (Å²) in [5, 5.41) is 5.71. The van der Waals surface area contributed by atoms with E-state index in [-0.39, 0.29) is 37.0 Å². The normalized spacial score (nSPS) is 12.4. The molecule has 2 N–H and O–H groups in total. The number of nitrogens with zero attached hydrogens (tertiary/aromatic N) is 2. The number of hydrogen-bond acceptors (Lipinski definition) is 4. The number of methoxy groups -OCH3 is 1. The largest absolute Gasteiger partial charge is 0.375 e. The van der Waals surface area contributed by atoms with Crippen LogP contribution in [0.2, 0.25) is 0 Å². The molecule has 1 aromatic carbocycles. The Morgan fingerprint density at radius 1 is 1.17 bits per heavy atom. The van der Waals surface area contributed by atoms with Gasteiger partial charge in [0.25, 0.3) is 0 Å². The summed E-state index contributed by atoms with van der Waals surface area (Å²) in [4.78, 5) is 28.6. The van der Waals surface area contributed by atoms with Gasteiger partial charge in [0.15, 0.2) is 0 Å². The zero-order chi connectivity index (χ0) is 17.7. The highest BCUT2D eigenvalue weighted by Crippen LogP contribution is 2.20. The van der Waals surface area contributed by atoms with E-state index in [1.165, 1.54) is 7.11 Å². The molecule has 0 bridgehead atoms. The number of hydrogen-bond donors (Lipinski definition) is 2. The van der Waals surface area contributed by atoms with E-state index >= 15 is 0 Å². The second-order valence-electron chi connectivity index (χ2n) is 5.99. The van der Waals surface area contributed by atoms with Gasteiger partial charge in [0.2, 0.25) is 11.8 Å². The van der Waals surface area contributed by atoms with Crippen molar-refractivity contribution in [2.75, 3.05) is 13.7 Å². The Bertz CT molecular complexity index is 724. The van der Waals surface area contributed by atoms with Gasteiger partial charge in [-0.05, 0) is 32.9 Å². The molecule has 0 radical (unpaired) electrons. The van der Waals surface area contributed by atoms with Crippen molar-refractivity contribution < 1.29 is 14.3 Å². The first-order valence-electron chi connectivity index (χ1n) is 7.95. The van der Waals surface area contributed by atoms with Crippen LogP contribution in [-0.2, 0) is 20.9 Å². The number of ether oxygens (including phenoxy) is 1. The molecule has 0 saturated carbocycles. The number of para-hydroxylation sites is 2. The third-order valence-electron chi connectivity index (χ3n) is 3.48. The van der Waals surface area contributed by atoms with Gasteiger partial charge < -0.3 is 19.9 Å². The molecule has 1 atom stereocenters. The first-order chi connectivity index (χ1) is 11.4. The van der Waals surface area contributed by atoms with E-state index in [9.17, 15) is 9.59 Å². The third kappa shape index (κ3) is 4.32. The highest BCUT2D eigenvalue weighted by molar-refractivity contribution is 5.82. The standard InChI is InChI=1S/C17H24N4O3/c1-11(2)18-15(22)9-21-14-8-6-5-7-13(14)20-17(21)12(3)19-16(23)10-24-4/h5-8,11-12H,9-10H2,1-4H3,(H,18,22)(H,19,23). The van der Waals surface area contributed by atoms with Crippen molar-refractivity contribution in [1.29, 1.82) is 0 Å². The van der Waals surface area contributed by atoms with Crippen LogP contribution in [0, 0.1) is 0 Å². The molecule has 2 aromatic rings. The molecule has 0 aliphatic heterocycles. The highest BCUT2D eigenvalue weighted by Gasteiger charge is 2.20. The minimum Gasteiger partial charge on any atom is -0.375 e. The summed E-state index contributed by atoms with van der Waals surface area (Å²) in [7, 11) is 1.47. The van der Waals surface area contributed by atoms with Crippen molar-refractivity contribution in [3.63, 3.8) is 0 Å². The molecule has 0 aliphatic rings. The number of imidazole rings is 1. The molecular weight excluding hydrogens is 308 g/mol. The number of nitrogens with one attached hydrogen (secondary N) is 2. The number of rotatable bonds is 7. The van der Waals surface area contributed by atoms with Gasteiger partial charge in [-0.1, -0.05) is 12.1 Å². The predicted molar refractivity (Wildman–Crippen MR) is 91.4 cm³/mol. The van der Waals surface area contributed by atoms with E-state index in [2.05, 4.69) is 15.6 Å². The van der Waals surface area contributed by atoms with Gasteiger partial charge in [0, 0.05) is 13.2 Å². The lowest BCUT2D eigenvalue weighted by Gasteiger charge is -2.16. The number of fused-ring (bicyclic) bond motifs is 1. The van der Waals surface area contributed by atoms with Gasteiger partial charge in [-0.15, -0.1) is 0 Å². The van der Waals surface area contributed by atoms with Crippen LogP contribution in [0.25, 0.3) is 11.0 Å². The maximum absolute atomic E-state index is 12.2. The molecule has 1 aromatic heterocycles. The average Bonchev–Trinajstić information content (AvgIpc) is 2.85. The number of carbonyl (C=O) groups is 2. The molecule has 0 spiro atoms. The Morgan fingerprint density at radius 3 is 2.54 bits per heavy atom. The third-order valence-corrected chi connectivity index (χ3v) is 3.48. The lowest BCUT2D eigenvalue weighted by atomic mass is 10.3. The molecule has 2 rings (SSSR count). The predicted octanol–water partition coefficient (Wildman–Crippen LogP) is 1.38. The van der Waals surface area contributed by atoms with Gasteiger partial charge in [-0.3, -0.25) is 9.59 Å². The fraction of sp³-hybridized carbons (Fsp3) is 0.471. The van der Waals surface area contributed by atoms with E-state index in [1.807, 2.05) is 49.6 Å². The second-order valence-corrected chi connectivity index (χ2v) is 5.99. The maximum atomic E-state index is 12.2. The monoisotopic (exact) mass is 332 g/mol. The summed E-state index contributed by atoms with van der Waals surface area (Å²) < 4.78 is 6.67. The van der Waals surface area contributed by atoms with Crippen LogP contribution in [-0.4, -0.2) is 41.1 Å². The Hall–Kier alpha value is -2.41. The van der Waals surface area contributed by atoms with Crippen molar-refractivity contribution in [2.24, 2.45) is 0 Å². The summed E-state index contributed by atoms with van der Waals surface area (Å²) in [5.74, 6) is 0.319. The van der Waals surface area contributed by atoms with E-state index < -0.39 is 0 Å².